The number of benzene rings is 1. The van der Waals surface area contributed by atoms with Crippen molar-refractivity contribution in [1.82, 2.24) is 4.98 Å². The fourth-order valence-corrected chi connectivity index (χ4v) is 2.97. The molecular formula is C11H11NO3S2. The molecule has 0 aliphatic heterocycles. The fourth-order valence-electron chi connectivity index (χ4n) is 1.31. The molecule has 6 heteroatoms. The summed E-state index contributed by atoms with van der Waals surface area (Å²) < 4.78 is 28.7. The third-order valence-corrected chi connectivity index (χ3v) is 4.15. The van der Waals surface area contributed by atoms with E-state index in [1.165, 1.54) is 12.3 Å². The van der Waals surface area contributed by atoms with E-state index in [1.54, 1.807) is 17.5 Å². The zero-order chi connectivity index (χ0) is 12.3. The van der Waals surface area contributed by atoms with Crippen molar-refractivity contribution in [2.24, 2.45) is 0 Å². The summed E-state index contributed by atoms with van der Waals surface area (Å²) >= 11 is 1.14. The smallest absolute Gasteiger partial charge is 0.341 e. The largest absolute Gasteiger partial charge is 0.348 e. The van der Waals surface area contributed by atoms with E-state index in [4.69, 9.17) is 4.18 Å². The first-order valence-corrected chi connectivity index (χ1v) is 7.33. The minimum atomic E-state index is -3.77. The standard InChI is InChI=1S/C11H11NO3S2/c1-2-9-4-3-5-10(8-9)17(13,14)15-11-12-6-7-16-11/h3-8H,2H2,1H3. The molecule has 0 aliphatic rings. The second-order valence-corrected chi connectivity index (χ2v) is 5.74. The summed E-state index contributed by atoms with van der Waals surface area (Å²) in [5.41, 5.74) is 0.953. The lowest BCUT2D eigenvalue weighted by molar-refractivity contribution is 0.484. The van der Waals surface area contributed by atoms with E-state index in [0.29, 0.717) is 0 Å². The molecular weight excluding hydrogens is 258 g/mol. The van der Waals surface area contributed by atoms with Crippen LogP contribution in [0.3, 0.4) is 0 Å². The lowest BCUT2D eigenvalue weighted by atomic mass is 10.2. The van der Waals surface area contributed by atoms with Gasteiger partial charge < -0.3 is 4.18 Å². The van der Waals surface area contributed by atoms with Crippen molar-refractivity contribution >= 4 is 21.5 Å². The molecule has 1 aromatic carbocycles. The number of aromatic nitrogens is 1. The number of hydrogen-bond acceptors (Lipinski definition) is 5. The molecule has 4 nitrogen and oxygen atoms in total. The summed E-state index contributed by atoms with van der Waals surface area (Å²) in [6.07, 6.45) is 2.28. The third-order valence-electron chi connectivity index (χ3n) is 2.19. The van der Waals surface area contributed by atoms with Gasteiger partial charge in [-0.3, -0.25) is 0 Å². The molecule has 1 aromatic heterocycles. The number of aryl methyl sites for hydroxylation is 1. The topological polar surface area (TPSA) is 56.3 Å². The SMILES string of the molecule is CCc1cccc(S(=O)(=O)Oc2nccs2)c1. The van der Waals surface area contributed by atoms with Gasteiger partial charge in [0.05, 0.1) is 0 Å². The maximum Gasteiger partial charge on any atom is 0.341 e. The summed E-state index contributed by atoms with van der Waals surface area (Å²) in [4.78, 5) is 3.95. The molecule has 90 valence electrons. The zero-order valence-corrected chi connectivity index (χ0v) is 10.8. The average molecular weight is 269 g/mol. The number of hydrogen-bond donors (Lipinski definition) is 0. The van der Waals surface area contributed by atoms with Gasteiger partial charge in [0.2, 0.25) is 0 Å². The van der Waals surface area contributed by atoms with Crippen LogP contribution in [-0.2, 0) is 16.5 Å². The van der Waals surface area contributed by atoms with Crippen LogP contribution in [0.2, 0.25) is 0 Å². The van der Waals surface area contributed by atoms with Gasteiger partial charge in [-0.25, -0.2) is 4.98 Å². The Labute approximate surface area is 104 Å². The Bertz CT molecular complexity index is 591. The normalized spacial score (nSPS) is 11.4. The van der Waals surface area contributed by atoms with Gasteiger partial charge in [0, 0.05) is 11.6 Å². The summed E-state index contributed by atoms with van der Waals surface area (Å²) in [7, 11) is -3.77. The lowest BCUT2D eigenvalue weighted by Crippen LogP contribution is -2.09. The lowest BCUT2D eigenvalue weighted by Gasteiger charge is -2.05. The molecule has 0 amide bonds. The molecule has 0 saturated heterocycles. The highest BCUT2D eigenvalue weighted by atomic mass is 32.2. The van der Waals surface area contributed by atoms with Crippen LogP contribution in [0.1, 0.15) is 12.5 Å². The molecule has 0 aliphatic carbocycles. The number of nitrogens with zero attached hydrogens (tertiary/aromatic N) is 1. The van der Waals surface area contributed by atoms with Gasteiger partial charge in [0.25, 0.3) is 5.19 Å². The number of rotatable bonds is 4. The van der Waals surface area contributed by atoms with E-state index in [0.717, 1.165) is 23.3 Å². The highest BCUT2D eigenvalue weighted by Crippen LogP contribution is 2.21. The first-order valence-electron chi connectivity index (χ1n) is 5.05. The summed E-state index contributed by atoms with van der Waals surface area (Å²) in [6.45, 7) is 1.97. The van der Waals surface area contributed by atoms with E-state index in [2.05, 4.69) is 4.98 Å². The summed E-state index contributed by atoms with van der Waals surface area (Å²) in [5, 5.41) is 1.79. The van der Waals surface area contributed by atoms with Gasteiger partial charge in [0.1, 0.15) is 4.90 Å². The molecule has 0 fully saturated rings. The van der Waals surface area contributed by atoms with Gasteiger partial charge in [-0.1, -0.05) is 30.4 Å². The Morgan fingerprint density at radius 2 is 2.24 bits per heavy atom. The Balaban J connectivity index is 2.31. The minimum Gasteiger partial charge on any atom is -0.348 e. The van der Waals surface area contributed by atoms with E-state index in [-0.39, 0.29) is 10.1 Å². The minimum absolute atomic E-state index is 0.131. The maximum absolute atomic E-state index is 11.9. The molecule has 17 heavy (non-hydrogen) atoms. The average Bonchev–Trinajstić information content (AvgIpc) is 2.81. The molecule has 0 saturated carbocycles. The van der Waals surface area contributed by atoms with Crippen molar-refractivity contribution in [3.05, 3.63) is 41.4 Å². The third kappa shape index (κ3) is 2.83. The van der Waals surface area contributed by atoms with E-state index in [1.807, 2.05) is 13.0 Å². The maximum atomic E-state index is 11.9. The predicted molar refractivity (Wildman–Crippen MR) is 65.7 cm³/mol. The first-order chi connectivity index (χ1) is 8.12. The van der Waals surface area contributed by atoms with E-state index < -0.39 is 10.1 Å². The van der Waals surface area contributed by atoms with Gasteiger partial charge in [0.15, 0.2) is 0 Å². The molecule has 0 radical (unpaired) electrons. The fraction of sp³-hybridized carbons (Fsp3) is 0.182. The molecule has 0 bridgehead atoms. The Kier molecular flexibility index (Phi) is 3.44. The first kappa shape index (κ1) is 12.1. The molecule has 2 aromatic rings. The second-order valence-electron chi connectivity index (χ2n) is 3.34. The van der Waals surface area contributed by atoms with Crippen LogP contribution in [0, 0.1) is 0 Å². The summed E-state index contributed by atoms with van der Waals surface area (Å²) in [5.74, 6) is 0. The van der Waals surface area contributed by atoms with Crippen LogP contribution in [0.5, 0.6) is 5.19 Å². The molecule has 2 rings (SSSR count). The van der Waals surface area contributed by atoms with Gasteiger partial charge in [-0.05, 0) is 24.1 Å². The van der Waals surface area contributed by atoms with Gasteiger partial charge in [-0.15, -0.1) is 0 Å². The van der Waals surface area contributed by atoms with Crippen molar-refractivity contribution in [1.29, 1.82) is 0 Å². The Morgan fingerprint density at radius 1 is 1.41 bits per heavy atom. The van der Waals surface area contributed by atoms with Crippen molar-refractivity contribution in [2.45, 2.75) is 18.2 Å². The highest BCUT2D eigenvalue weighted by Gasteiger charge is 2.17. The molecule has 1 heterocycles. The van der Waals surface area contributed by atoms with E-state index >= 15 is 0 Å². The second kappa shape index (κ2) is 4.85. The Hall–Kier alpha value is -1.40. The van der Waals surface area contributed by atoms with Crippen molar-refractivity contribution in [3.8, 4) is 5.19 Å². The van der Waals surface area contributed by atoms with Crippen LogP contribution in [0.15, 0.2) is 40.7 Å². The molecule has 0 atom stereocenters. The van der Waals surface area contributed by atoms with Gasteiger partial charge >= 0.3 is 10.1 Å². The molecule has 0 unspecified atom stereocenters. The van der Waals surface area contributed by atoms with Crippen LogP contribution >= 0.6 is 11.3 Å². The van der Waals surface area contributed by atoms with Crippen LogP contribution in [-0.4, -0.2) is 13.4 Å². The van der Waals surface area contributed by atoms with Crippen molar-refractivity contribution < 1.29 is 12.6 Å². The van der Waals surface area contributed by atoms with Crippen molar-refractivity contribution in [3.63, 3.8) is 0 Å². The van der Waals surface area contributed by atoms with Crippen LogP contribution in [0.25, 0.3) is 0 Å². The van der Waals surface area contributed by atoms with E-state index in [9.17, 15) is 8.42 Å². The summed E-state index contributed by atoms with van der Waals surface area (Å²) in [6, 6.07) is 6.71. The Morgan fingerprint density at radius 3 is 2.88 bits per heavy atom. The monoisotopic (exact) mass is 269 g/mol. The van der Waals surface area contributed by atoms with Crippen LogP contribution in [0.4, 0.5) is 0 Å². The van der Waals surface area contributed by atoms with Crippen LogP contribution < -0.4 is 4.18 Å². The van der Waals surface area contributed by atoms with Crippen molar-refractivity contribution in [2.75, 3.05) is 0 Å². The zero-order valence-electron chi connectivity index (χ0n) is 9.16. The quantitative estimate of drug-likeness (QED) is 0.800. The number of thiazole rings is 1. The predicted octanol–water partition coefficient (Wildman–Crippen LogP) is 2.47. The molecule has 0 N–H and O–H groups in total. The highest BCUT2D eigenvalue weighted by molar-refractivity contribution is 7.87. The molecule has 0 spiro atoms. The van der Waals surface area contributed by atoms with Gasteiger partial charge in [-0.2, -0.15) is 8.42 Å².